The van der Waals surface area contributed by atoms with Gasteiger partial charge in [0.15, 0.2) is 0 Å². The highest BCUT2D eigenvalue weighted by molar-refractivity contribution is 9.09. The summed E-state index contributed by atoms with van der Waals surface area (Å²) in [6.07, 6.45) is 2.25. The van der Waals surface area contributed by atoms with Crippen molar-refractivity contribution in [1.29, 1.82) is 0 Å². The molecule has 0 spiro atoms. The molecule has 2 heteroatoms. The van der Waals surface area contributed by atoms with Gasteiger partial charge in [-0.15, -0.1) is 0 Å². The van der Waals surface area contributed by atoms with Crippen LogP contribution < -0.4 is 0 Å². The zero-order valence-electron chi connectivity index (χ0n) is 9.50. The quantitative estimate of drug-likeness (QED) is 0.718. The predicted molar refractivity (Wildman–Crippen MR) is 68.7 cm³/mol. The van der Waals surface area contributed by atoms with Crippen LogP contribution in [0.15, 0.2) is 24.3 Å². The molecule has 0 aliphatic rings. The number of rotatable bonds is 6. The summed E-state index contributed by atoms with van der Waals surface area (Å²) >= 11 is 3.56. The Balaban J connectivity index is 2.47. The third-order valence-corrected chi connectivity index (χ3v) is 3.51. The van der Waals surface area contributed by atoms with Gasteiger partial charge < -0.3 is 4.74 Å². The highest BCUT2D eigenvalue weighted by atomic mass is 79.9. The molecule has 15 heavy (non-hydrogen) atoms. The topological polar surface area (TPSA) is 9.23 Å². The van der Waals surface area contributed by atoms with Crippen LogP contribution in [-0.2, 0) is 11.2 Å². The number of hydrogen-bond acceptors (Lipinski definition) is 1. The monoisotopic (exact) mass is 270 g/mol. The van der Waals surface area contributed by atoms with Crippen molar-refractivity contribution in [2.75, 3.05) is 19.0 Å². The molecule has 0 heterocycles. The van der Waals surface area contributed by atoms with E-state index in [1.807, 2.05) is 0 Å². The average molecular weight is 271 g/mol. The average Bonchev–Trinajstić information content (AvgIpc) is 2.27. The third kappa shape index (κ3) is 4.80. The third-order valence-electron chi connectivity index (χ3n) is 2.59. The summed E-state index contributed by atoms with van der Waals surface area (Å²) in [6.45, 7) is 2.97. The molecule has 0 bridgehead atoms. The van der Waals surface area contributed by atoms with Crippen LogP contribution in [0.25, 0.3) is 0 Å². The molecule has 0 aromatic heterocycles. The SMILES string of the molecule is COCCC(CBr)Cc1ccc(C)cc1. The molecular weight excluding hydrogens is 252 g/mol. The molecule has 1 aromatic carbocycles. The summed E-state index contributed by atoms with van der Waals surface area (Å²) in [4.78, 5) is 0. The predicted octanol–water partition coefficient (Wildman–Crippen LogP) is 3.59. The van der Waals surface area contributed by atoms with Gasteiger partial charge >= 0.3 is 0 Å². The molecule has 1 nitrogen and oxygen atoms in total. The van der Waals surface area contributed by atoms with Gasteiger partial charge in [-0.2, -0.15) is 0 Å². The minimum Gasteiger partial charge on any atom is -0.385 e. The van der Waals surface area contributed by atoms with E-state index in [2.05, 4.69) is 47.1 Å². The van der Waals surface area contributed by atoms with E-state index in [9.17, 15) is 0 Å². The summed E-state index contributed by atoms with van der Waals surface area (Å²) in [5, 5.41) is 1.05. The van der Waals surface area contributed by atoms with Crippen LogP contribution >= 0.6 is 15.9 Å². The molecule has 0 radical (unpaired) electrons. The van der Waals surface area contributed by atoms with Crippen molar-refractivity contribution in [3.8, 4) is 0 Å². The van der Waals surface area contributed by atoms with Crippen molar-refractivity contribution in [3.05, 3.63) is 35.4 Å². The second-order valence-corrected chi connectivity index (χ2v) is 4.64. The Bertz CT molecular complexity index is 268. The van der Waals surface area contributed by atoms with Gasteiger partial charge in [-0.1, -0.05) is 45.8 Å². The van der Waals surface area contributed by atoms with E-state index in [1.54, 1.807) is 7.11 Å². The van der Waals surface area contributed by atoms with Crippen molar-refractivity contribution in [3.63, 3.8) is 0 Å². The first-order valence-electron chi connectivity index (χ1n) is 5.36. The fraction of sp³-hybridized carbons (Fsp3) is 0.538. The summed E-state index contributed by atoms with van der Waals surface area (Å²) in [7, 11) is 1.76. The summed E-state index contributed by atoms with van der Waals surface area (Å²) in [5.74, 6) is 0.674. The van der Waals surface area contributed by atoms with E-state index < -0.39 is 0 Å². The Hall–Kier alpha value is -0.340. The second-order valence-electron chi connectivity index (χ2n) is 3.99. The van der Waals surface area contributed by atoms with Crippen molar-refractivity contribution < 1.29 is 4.74 Å². The molecule has 84 valence electrons. The van der Waals surface area contributed by atoms with E-state index in [1.165, 1.54) is 11.1 Å². The van der Waals surface area contributed by atoms with Crippen LogP contribution in [0.3, 0.4) is 0 Å². The minimum atomic E-state index is 0.674. The van der Waals surface area contributed by atoms with E-state index in [4.69, 9.17) is 4.74 Å². The highest BCUT2D eigenvalue weighted by Gasteiger charge is 2.07. The van der Waals surface area contributed by atoms with Crippen molar-refractivity contribution in [2.45, 2.75) is 19.8 Å². The number of alkyl halides is 1. The maximum atomic E-state index is 5.11. The maximum absolute atomic E-state index is 5.11. The number of ether oxygens (including phenoxy) is 1. The van der Waals surface area contributed by atoms with Gasteiger partial charge in [0.2, 0.25) is 0 Å². The first kappa shape index (κ1) is 12.7. The molecule has 1 unspecified atom stereocenters. The molecule has 0 aliphatic carbocycles. The maximum Gasteiger partial charge on any atom is 0.0465 e. The van der Waals surface area contributed by atoms with Crippen LogP contribution in [0.5, 0.6) is 0 Å². The van der Waals surface area contributed by atoms with Crippen LogP contribution in [-0.4, -0.2) is 19.0 Å². The number of methoxy groups -OCH3 is 1. The largest absolute Gasteiger partial charge is 0.385 e. The van der Waals surface area contributed by atoms with E-state index in [0.29, 0.717) is 5.92 Å². The van der Waals surface area contributed by atoms with Gasteiger partial charge in [0, 0.05) is 19.0 Å². The van der Waals surface area contributed by atoms with Crippen LogP contribution in [0.1, 0.15) is 17.5 Å². The standard InChI is InChI=1S/C13H19BrO/c1-11-3-5-12(6-4-11)9-13(10-14)7-8-15-2/h3-6,13H,7-10H2,1-2H3. The first-order chi connectivity index (χ1) is 7.26. The van der Waals surface area contributed by atoms with E-state index in [0.717, 1.165) is 24.8 Å². The van der Waals surface area contributed by atoms with Crippen LogP contribution in [0.4, 0.5) is 0 Å². The number of aryl methyl sites for hydroxylation is 1. The lowest BCUT2D eigenvalue weighted by molar-refractivity contribution is 0.181. The molecular formula is C13H19BrO. The Labute approximate surface area is 101 Å². The zero-order valence-corrected chi connectivity index (χ0v) is 11.1. The number of halogens is 1. The van der Waals surface area contributed by atoms with Crippen molar-refractivity contribution >= 4 is 15.9 Å². The van der Waals surface area contributed by atoms with E-state index >= 15 is 0 Å². The van der Waals surface area contributed by atoms with Gasteiger partial charge in [-0.05, 0) is 31.2 Å². The fourth-order valence-electron chi connectivity index (χ4n) is 1.58. The molecule has 0 N–H and O–H groups in total. The molecule has 0 aliphatic heterocycles. The summed E-state index contributed by atoms with van der Waals surface area (Å²) < 4.78 is 5.11. The van der Waals surface area contributed by atoms with E-state index in [-0.39, 0.29) is 0 Å². The molecule has 1 atom stereocenters. The van der Waals surface area contributed by atoms with Gasteiger partial charge in [0.1, 0.15) is 0 Å². The van der Waals surface area contributed by atoms with Crippen molar-refractivity contribution in [1.82, 2.24) is 0 Å². The zero-order chi connectivity index (χ0) is 11.1. The molecule has 0 saturated heterocycles. The lowest BCUT2D eigenvalue weighted by Gasteiger charge is -2.13. The van der Waals surface area contributed by atoms with Gasteiger partial charge in [0.25, 0.3) is 0 Å². The Morgan fingerprint density at radius 1 is 1.27 bits per heavy atom. The molecule has 0 fully saturated rings. The second kappa shape index (κ2) is 7.02. The van der Waals surface area contributed by atoms with Gasteiger partial charge in [-0.3, -0.25) is 0 Å². The summed E-state index contributed by atoms with van der Waals surface area (Å²) in [5.41, 5.74) is 2.74. The lowest BCUT2D eigenvalue weighted by atomic mass is 9.98. The van der Waals surface area contributed by atoms with Crippen molar-refractivity contribution in [2.24, 2.45) is 5.92 Å². The van der Waals surface area contributed by atoms with Crippen LogP contribution in [0.2, 0.25) is 0 Å². The summed E-state index contributed by atoms with van der Waals surface area (Å²) in [6, 6.07) is 8.80. The Morgan fingerprint density at radius 3 is 2.47 bits per heavy atom. The van der Waals surface area contributed by atoms with Crippen LogP contribution in [0, 0.1) is 12.8 Å². The minimum absolute atomic E-state index is 0.674. The smallest absolute Gasteiger partial charge is 0.0465 e. The van der Waals surface area contributed by atoms with Gasteiger partial charge in [0.05, 0.1) is 0 Å². The molecule has 1 rings (SSSR count). The normalized spacial score (nSPS) is 12.7. The first-order valence-corrected chi connectivity index (χ1v) is 6.49. The number of hydrogen-bond donors (Lipinski definition) is 0. The number of benzene rings is 1. The lowest BCUT2D eigenvalue weighted by Crippen LogP contribution is -2.09. The Morgan fingerprint density at radius 2 is 1.93 bits per heavy atom. The molecule has 1 aromatic rings. The highest BCUT2D eigenvalue weighted by Crippen LogP contribution is 2.15. The fourth-order valence-corrected chi connectivity index (χ4v) is 2.13. The molecule has 0 amide bonds. The molecule has 0 saturated carbocycles. The Kier molecular flexibility index (Phi) is 5.96. The van der Waals surface area contributed by atoms with Gasteiger partial charge in [-0.25, -0.2) is 0 Å².